The van der Waals surface area contributed by atoms with Gasteiger partial charge < -0.3 is 20.4 Å². The summed E-state index contributed by atoms with van der Waals surface area (Å²) in [6.07, 6.45) is 1.89. The molecule has 2 fully saturated rings. The van der Waals surface area contributed by atoms with E-state index in [4.69, 9.17) is 0 Å². The second-order valence-electron chi connectivity index (χ2n) is 5.96. The van der Waals surface area contributed by atoms with Crippen molar-refractivity contribution in [3.63, 3.8) is 0 Å². The van der Waals surface area contributed by atoms with Crippen LogP contribution >= 0.6 is 0 Å². The lowest BCUT2D eigenvalue weighted by atomic mass is 10.0. The zero-order chi connectivity index (χ0) is 15.5. The maximum absolute atomic E-state index is 12.4. The molecular weight excluding hydrogens is 280 g/mol. The molecule has 1 aromatic rings. The number of amides is 4. The van der Waals surface area contributed by atoms with Crippen LogP contribution in [0.4, 0.5) is 15.3 Å². The molecular formula is C16H22N4O2. The van der Waals surface area contributed by atoms with Crippen molar-refractivity contribution in [2.45, 2.75) is 25.8 Å². The summed E-state index contributed by atoms with van der Waals surface area (Å²) in [6, 6.07) is 7.79. The molecule has 0 spiro atoms. The van der Waals surface area contributed by atoms with Crippen LogP contribution in [0, 0.1) is 6.92 Å². The molecule has 2 N–H and O–H groups in total. The van der Waals surface area contributed by atoms with E-state index >= 15 is 0 Å². The Bertz CT molecular complexity index is 558. The van der Waals surface area contributed by atoms with Crippen molar-refractivity contribution in [2.75, 3.05) is 31.5 Å². The normalized spacial score (nSPS) is 21.7. The number of benzene rings is 1. The summed E-state index contributed by atoms with van der Waals surface area (Å²) in [7, 11) is 0. The van der Waals surface area contributed by atoms with Gasteiger partial charge in [-0.05, 0) is 31.9 Å². The fraction of sp³-hybridized carbons (Fsp3) is 0.500. The molecule has 2 aliphatic heterocycles. The topological polar surface area (TPSA) is 64.7 Å². The summed E-state index contributed by atoms with van der Waals surface area (Å²) in [5, 5.41) is 5.75. The van der Waals surface area contributed by atoms with E-state index in [1.165, 1.54) is 0 Å². The third-order valence-corrected chi connectivity index (χ3v) is 4.32. The average molecular weight is 302 g/mol. The molecule has 0 radical (unpaired) electrons. The van der Waals surface area contributed by atoms with Crippen LogP contribution < -0.4 is 10.6 Å². The van der Waals surface area contributed by atoms with Crippen molar-refractivity contribution in [3.8, 4) is 0 Å². The highest BCUT2D eigenvalue weighted by Gasteiger charge is 2.32. The number of urea groups is 2. The molecule has 0 aliphatic carbocycles. The quantitative estimate of drug-likeness (QED) is 0.878. The Balaban J connectivity index is 1.60. The summed E-state index contributed by atoms with van der Waals surface area (Å²) in [5.41, 5.74) is 1.97. The molecule has 0 bridgehead atoms. The van der Waals surface area contributed by atoms with Crippen molar-refractivity contribution in [1.82, 2.24) is 15.1 Å². The first-order valence-electron chi connectivity index (χ1n) is 7.80. The van der Waals surface area contributed by atoms with Gasteiger partial charge >= 0.3 is 12.1 Å². The number of nitrogens with one attached hydrogen (secondary N) is 2. The number of aryl methyl sites for hydroxylation is 1. The van der Waals surface area contributed by atoms with Gasteiger partial charge in [0.2, 0.25) is 0 Å². The summed E-state index contributed by atoms with van der Waals surface area (Å²) in [5.74, 6) is 0. The van der Waals surface area contributed by atoms with Crippen LogP contribution in [0.2, 0.25) is 0 Å². The van der Waals surface area contributed by atoms with Gasteiger partial charge in [0.1, 0.15) is 0 Å². The molecule has 2 aliphatic rings. The number of piperidine rings is 1. The van der Waals surface area contributed by atoms with Crippen molar-refractivity contribution < 1.29 is 9.59 Å². The van der Waals surface area contributed by atoms with E-state index in [-0.39, 0.29) is 18.1 Å². The van der Waals surface area contributed by atoms with Gasteiger partial charge in [-0.1, -0.05) is 17.7 Å². The summed E-state index contributed by atoms with van der Waals surface area (Å²) in [4.78, 5) is 27.8. The molecule has 4 amide bonds. The second kappa shape index (κ2) is 6.25. The SMILES string of the molecule is Cc1ccc(NC(=O)N2CCCC(N3CCNC3=O)C2)cc1. The van der Waals surface area contributed by atoms with Crippen LogP contribution in [0.15, 0.2) is 24.3 Å². The second-order valence-corrected chi connectivity index (χ2v) is 5.96. The van der Waals surface area contributed by atoms with E-state index in [9.17, 15) is 9.59 Å². The number of nitrogens with zero attached hydrogens (tertiary/aromatic N) is 2. The van der Waals surface area contributed by atoms with Crippen LogP contribution in [-0.2, 0) is 0 Å². The summed E-state index contributed by atoms with van der Waals surface area (Å²) < 4.78 is 0. The predicted molar refractivity (Wildman–Crippen MR) is 84.9 cm³/mol. The number of rotatable bonds is 2. The van der Waals surface area contributed by atoms with Crippen molar-refractivity contribution in [1.29, 1.82) is 0 Å². The fourth-order valence-corrected chi connectivity index (χ4v) is 3.07. The fourth-order valence-electron chi connectivity index (χ4n) is 3.07. The predicted octanol–water partition coefficient (Wildman–Crippen LogP) is 2.02. The minimum absolute atomic E-state index is 0.00853. The zero-order valence-corrected chi connectivity index (χ0v) is 12.8. The average Bonchev–Trinajstić information content (AvgIpc) is 2.96. The molecule has 1 aromatic carbocycles. The van der Waals surface area contributed by atoms with Gasteiger partial charge in [0.05, 0.1) is 6.04 Å². The number of anilines is 1. The third kappa shape index (κ3) is 3.16. The van der Waals surface area contributed by atoms with E-state index in [1.54, 1.807) is 4.90 Å². The molecule has 3 rings (SSSR count). The number of carbonyl (C=O) groups excluding carboxylic acids is 2. The van der Waals surface area contributed by atoms with Crippen molar-refractivity contribution >= 4 is 17.7 Å². The van der Waals surface area contributed by atoms with Gasteiger partial charge in [0.25, 0.3) is 0 Å². The Morgan fingerprint density at radius 3 is 2.73 bits per heavy atom. The van der Waals surface area contributed by atoms with Crippen LogP contribution in [0.3, 0.4) is 0 Å². The maximum atomic E-state index is 12.4. The lowest BCUT2D eigenvalue weighted by Crippen LogP contribution is -2.51. The van der Waals surface area contributed by atoms with E-state index in [0.29, 0.717) is 13.1 Å². The monoisotopic (exact) mass is 302 g/mol. The molecule has 0 aromatic heterocycles. The third-order valence-electron chi connectivity index (χ3n) is 4.32. The van der Waals surface area contributed by atoms with Crippen LogP contribution in [0.1, 0.15) is 18.4 Å². The van der Waals surface area contributed by atoms with Gasteiger partial charge in [-0.15, -0.1) is 0 Å². The molecule has 22 heavy (non-hydrogen) atoms. The van der Waals surface area contributed by atoms with Crippen LogP contribution in [0.25, 0.3) is 0 Å². The van der Waals surface area contributed by atoms with E-state index < -0.39 is 0 Å². The first kappa shape index (κ1) is 14.7. The van der Waals surface area contributed by atoms with E-state index in [1.807, 2.05) is 36.1 Å². The van der Waals surface area contributed by atoms with E-state index in [2.05, 4.69) is 10.6 Å². The zero-order valence-electron chi connectivity index (χ0n) is 12.8. The molecule has 2 saturated heterocycles. The molecule has 6 heteroatoms. The highest BCUT2D eigenvalue weighted by molar-refractivity contribution is 5.89. The van der Waals surface area contributed by atoms with Gasteiger partial charge in [0.15, 0.2) is 0 Å². The first-order chi connectivity index (χ1) is 10.6. The highest BCUT2D eigenvalue weighted by atomic mass is 16.2. The Labute approximate surface area is 130 Å². The first-order valence-corrected chi connectivity index (χ1v) is 7.80. The minimum Gasteiger partial charge on any atom is -0.336 e. The standard InChI is InChI=1S/C16H22N4O2/c1-12-4-6-13(7-5-12)18-16(22)19-9-2-3-14(11-19)20-10-8-17-15(20)21/h4-7,14H,2-3,8-11H2,1H3,(H,17,21)(H,18,22). The van der Waals surface area contributed by atoms with Gasteiger partial charge in [-0.25, -0.2) is 9.59 Å². The molecule has 1 unspecified atom stereocenters. The van der Waals surface area contributed by atoms with Crippen LogP contribution in [0.5, 0.6) is 0 Å². The maximum Gasteiger partial charge on any atom is 0.321 e. The Morgan fingerprint density at radius 2 is 2.05 bits per heavy atom. The van der Waals surface area contributed by atoms with E-state index in [0.717, 1.165) is 37.2 Å². The number of carbonyl (C=O) groups is 2. The largest absolute Gasteiger partial charge is 0.336 e. The summed E-state index contributed by atoms with van der Waals surface area (Å²) in [6.45, 7) is 4.79. The molecule has 6 nitrogen and oxygen atoms in total. The Kier molecular flexibility index (Phi) is 4.18. The lowest BCUT2D eigenvalue weighted by Gasteiger charge is -2.36. The minimum atomic E-state index is -0.0897. The number of hydrogen-bond acceptors (Lipinski definition) is 2. The molecule has 0 saturated carbocycles. The number of hydrogen-bond donors (Lipinski definition) is 2. The van der Waals surface area contributed by atoms with Gasteiger partial charge in [-0.3, -0.25) is 0 Å². The van der Waals surface area contributed by atoms with Crippen molar-refractivity contribution in [2.24, 2.45) is 0 Å². The number of likely N-dealkylation sites (tertiary alicyclic amines) is 1. The summed E-state index contributed by atoms with van der Waals surface area (Å²) >= 11 is 0. The molecule has 118 valence electrons. The van der Waals surface area contributed by atoms with Gasteiger partial charge in [0, 0.05) is 31.9 Å². The van der Waals surface area contributed by atoms with Crippen LogP contribution in [-0.4, -0.2) is 54.1 Å². The van der Waals surface area contributed by atoms with Gasteiger partial charge in [-0.2, -0.15) is 0 Å². The highest BCUT2D eigenvalue weighted by Crippen LogP contribution is 2.19. The smallest absolute Gasteiger partial charge is 0.321 e. The molecule has 1 atom stereocenters. The molecule has 2 heterocycles. The Morgan fingerprint density at radius 1 is 1.27 bits per heavy atom. The van der Waals surface area contributed by atoms with Crippen molar-refractivity contribution in [3.05, 3.63) is 29.8 Å². The Hall–Kier alpha value is -2.24. The lowest BCUT2D eigenvalue weighted by molar-refractivity contribution is 0.139.